The van der Waals surface area contributed by atoms with E-state index in [1.54, 1.807) is 17.0 Å². The molecule has 6 heteroatoms. The minimum Gasteiger partial charge on any atom is -0.508 e. The van der Waals surface area contributed by atoms with Crippen molar-refractivity contribution in [2.45, 2.75) is 13.8 Å². The van der Waals surface area contributed by atoms with Crippen molar-refractivity contribution in [1.29, 1.82) is 0 Å². The Bertz CT molecular complexity index is 772. The molecule has 2 aromatic rings. The van der Waals surface area contributed by atoms with Crippen LogP contribution in [0.1, 0.15) is 32.1 Å². The molecule has 2 N–H and O–H groups in total. The maximum absolute atomic E-state index is 12.5. The van der Waals surface area contributed by atoms with Crippen LogP contribution >= 0.6 is 0 Å². The molecule has 1 amide bonds. The van der Waals surface area contributed by atoms with E-state index < -0.39 is 0 Å². The summed E-state index contributed by atoms with van der Waals surface area (Å²) < 4.78 is 0. The second-order valence-corrected chi connectivity index (χ2v) is 6.53. The molecule has 1 saturated heterocycles. The molecular formula is C19H23N3O3. The maximum atomic E-state index is 12.5. The van der Waals surface area contributed by atoms with E-state index in [9.17, 15) is 14.7 Å². The number of nitrogens with zero attached hydrogens (tertiary/aromatic N) is 2. The van der Waals surface area contributed by atoms with Crippen LogP contribution in [0.5, 0.6) is 5.75 Å². The van der Waals surface area contributed by atoms with Gasteiger partial charge in [-0.2, -0.15) is 0 Å². The zero-order chi connectivity index (χ0) is 18.0. The van der Waals surface area contributed by atoms with Crippen molar-refractivity contribution in [2.75, 3.05) is 32.7 Å². The fraction of sp³-hybridized carbons (Fsp3) is 0.368. The second kappa shape index (κ2) is 7.11. The van der Waals surface area contributed by atoms with E-state index in [1.165, 1.54) is 12.1 Å². The van der Waals surface area contributed by atoms with Gasteiger partial charge in [-0.25, -0.2) is 0 Å². The highest BCUT2D eigenvalue weighted by Crippen LogP contribution is 2.15. The number of carbonyl (C=O) groups excluding carboxylic acids is 2. The van der Waals surface area contributed by atoms with Gasteiger partial charge in [-0.1, -0.05) is 0 Å². The standard InChI is InChI=1S/C19H23N3O3/c1-13-11-17(14(2)20-13)18(24)12-21-7-9-22(10-8-21)19(25)15-3-5-16(23)6-4-15/h3-6,11,20,23H,7-10,12H2,1-2H3. The fourth-order valence-electron chi connectivity index (χ4n) is 3.20. The summed E-state index contributed by atoms with van der Waals surface area (Å²) in [5.74, 6) is 0.221. The monoisotopic (exact) mass is 341 g/mol. The molecule has 0 atom stereocenters. The van der Waals surface area contributed by atoms with Gasteiger partial charge in [0.15, 0.2) is 5.78 Å². The molecule has 0 unspecified atom stereocenters. The summed E-state index contributed by atoms with van der Waals surface area (Å²) in [6.45, 7) is 6.78. The number of amides is 1. The molecule has 1 aliphatic rings. The first-order chi connectivity index (χ1) is 11.9. The summed E-state index contributed by atoms with van der Waals surface area (Å²) in [7, 11) is 0. The Kier molecular flexibility index (Phi) is 4.90. The lowest BCUT2D eigenvalue weighted by atomic mass is 10.1. The lowest BCUT2D eigenvalue weighted by Crippen LogP contribution is -2.49. The molecule has 0 spiro atoms. The quantitative estimate of drug-likeness (QED) is 0.834. The summed E-state index contributed by atoms with van der Waals surface area (Å²) in [5.41, 5.74) is 3.22. The van der Waals surface area contributed by atoms with Crippen LogP contribution < -0.4 is 0 Å². The topological polar surface area (TPSA) is 76.6 Å². The van der Waals surface area contributed by atoms with Crippen LogP contribution in [0.3, 0.4) is 0 Å². The number of H-pyrrole nitrogens is 1. The van der Waals surface area contributed by atoms with Gasteiger partial charge in [0.1, 0.15) is 5.75 Å². The average Bonchev–Trinajstić information content (AvgIpc) is 2.94. The molecule has 2 heterocycles. The third-order valence-corrected chi connectivity index (χ3v) is 4.59. The molecule has 132 valence electrons. The number of nitrogens with one attached hydrogen (secondary N) is 1. The minimum atomic E-state index is -0.0388. The Hall–Kier alpha value is -2.60. The fourth-order valence-corrected chi connectivity index (χ4v) is 3.20. The number of aryl methyl sites for hydroxylation is 2. The lowest BCUT2D eigenvalue weighted by molar-refractivity contribution is 0.0624. The van der Waals surface area contributed by atoms with Crippen LogP contribution in [0.25, 0.3) is 0 Å². The summed E-state index contributed by atoms with van der Waals surface area (Å²) in [6, 6.07) is 8.18. The zero-order valence-electron chi connectivity index (χ0n) is 14.6. The highest BCUT2D eigenvalue weighted by Gasteiger charge is 2.24. The summed E-state index contributed by atoms with van der Waals surface area (Å²) in [5, 5.41) is 9.32. The molecule has 0 aliphatic carbocycles. The first-order valence-electron chi connectivity index (χ1n) is 8.44. The molecule has 1 aromatic carbocycles. The summed E-state index contributed by atoms with van der Waals surface area (Å²) in [4.78, 5) is 32.0. The molecule has 25 heavy (non-hydrogen) atoms. The van der Waals surface area contributed by atoms with Gasteiger partial charge in [0.05, 0.1) is 6.54 Å². The number of aromatic hydroxyl groups is 1. The number of piperazine rings is 1. The zero-order valence-corrected chi connectivity index (χ0v) is 14.6. The highest BCUT2D eigenvalue weighted by molar-refractivity contribution is 5.99. The number of rotatable bonds is 4. The molecular weight excluding hydrogens is 318 g/mol. The van der Waals surface area contributed by atoms with Gasteiger partial charge < -0.3 is 15.0 Å². The van der Waals surface area contributed by atoms with Crippen LogP contribution in [-0.4, -0.2) is 64.3 Å². The molecule has 0 bridgehead atoms. The van der Waals surface area contributed by atoms with Crippen molar-refractivity contribution in [3.63, 3.8) is 0 Å². The van der Waals surface area contributed by atoms with Crippen LogP contribution in [0, 0.1) is 13.8 Å². The number of ketones is 1. The van der Waals surface area contributed by atoms with E-state index in [0.29, 0.717) is 38.3 Å². The minimum absolute atomic E-state index is 0.0388. The van der Waals surface area contributed by atoms with Crippen molar-refractivity contribution >= 4 is 11.7 Å². The molecule has 1 fully saturated rings. The Morgan fingerprint density at radius 3 is 2.28 bits per heavy atom. The van der Waals surface area contributed by atoms with Crippen molar-refractivity contribution in [1.82, 2.24) is 14.8 Å². The Balaban J connectivity index is 1.55. The van der Waals surface area contributed by atoms with Crippen molar-refractivity contribution in [2.24, 2.45) is 0 Å². The van der Waals surface area contributed by atoms with E-state index >= 15 is 0 Å². The smallest absolute Gasteiger partial charge is 0.253 e. The maximum Gasteiger partial charge on any atom is 0.253 e. The van der Waals surface area contributed by atoms with Gasteiger partial charge in [0, 0.05) is 48.7 Å². The predicted molar refractivity (Wildman–Crippen MR) is 95.0 cm³/mol. The molecule has 1 aromatic heterocycles. The van der Waals surface area contributed by atoms with Gasteiger partial charge >= 0.3 is 0 Å². The van der Waals surface area contributed by atoms with Gasteiger partial charge in [0.2, 0.25) is 0 Å². The Morgan fingerprint density at radius 2 is 1.72 bits per heavy atom. The van der Waals surface area contributed by atoms with E-state index in [2.05, 4.69) is 9.88 Å². The third-order valence-electron chi connectivity index (χ3n) is 4.59. The number of Topliss-reactive ketones (excluding diaryl/α,β-unsaturated/α-hetero) is 1. The lowest BCUT2D eigenvalue weighted by Gasteiger charge is -2.34. The summed E-state index contributed by atoms with van der Waals surface area (Å²) in [6.07, 6.45) is 0. The van der Waals surface area contributed by atoms with Gasteiger partial charge in [-0.15, -0.1) is 0 Å². The molecule has 3 rings (SSSR count). The molecule has 1 aliphatic heterocycles. The van der Waals surface area contributed by atoms with E-state index in [4.69, 9.17) is 0 Å². The Labute approximate surface area is 147 Å². The van der Waals surface area contributed by atoms with Gasteiger partial charge in [0.25, 0.3) is 5.91 Å². The largest absolute Gasteiger partial charge is 0.508 e. The SMILES string of the molecule is Cc1cc(C(=O)CN2CCN(C(=O)c3ccc(O)cc3)CC2)c(C)[nH]1. The van der Waals surface area contributed by atoms with Gasteiger partial charge in [-0.05, 0) is 44.2 Å². The van der Waals surface area contributed by atoms with Crippen molar-refractivity contribution in [3.05, 3.63) is 52.8 Å². The number of carbonyl (C=O) groups is 2. The molecule has 0 radical (unpaired) electrons. The number of aromatic nitrogens is 1. The second-order valence-electron chi connectivity index (χ2n) is 6.53. The Morgan fingerprint density at radius 1 is 1.08 bits per heavy atom. The normalized spacial score (nSPS) is 15.4. The van der Waals surface area contributed by atoms with Crippen LogP contribution in [-0.2, 0) is 0 Å². The number of phenolic OH excluding ortho intramolecular Hbond substituents is 1. The summed E-state index contributed by atoms with van der Waals surface area (Å²) >= 11 is 0. The van der Waals surface area contributed by atoms with Crippen molar-refractivity contribution < 1.29 is 14.7 Å². The van der Waals surface area contributed by atoms with E-state index in [1.807, 2.05) is 19.9 Å². The first-order valence-corrected chi connectivity index (χ1v) is 8.44. The molecule has 6 nitrogen and oxygen atoms in total. The number of benzene rings is 1. The van der Waals surface area contributed by atoms with Crippen LogP contribution in [0.4, 0.5) is 0 Å². The van der Waals surface area contributed by atoms with E-state index in [0.717, 1.165) is 17.0 Å². The van der Waals surface area contributed by atoms with Crippen molar-refractivity contribution in [3.8, 4) is 5.75 Å². The predicted octanol–water partition coefficient (Wildman–Crippen LogP) is 1.98. The highest BCUT2D eigenvalue weighted by atomic mass is 16.3. The van der Waals surface area contributed by atoms with Crippen LogP contribution in [0.2, 0.25) is 0 Å². The molecule has 0 saturated carbocycles. The van der Waals surface area contributed by atoms with Crippen LogP contribution in [0.15, 0.2) is 30.3 Å². The first kappa shape index (κ1) is 17.2. The number of hydrogen-bond donors (Lipinski definition) is 2. The van der Waals surface area contributed by atoms with E-state index in [-0.39, 0.29) is 17.4 Å². The average molecular weight is 341 g/mol. The number of aromatic amines is 1. The number of phenols is 1. The number of hydrogen-bond acceptors (Lipinski definition) is 4. The van der Waals surface area contributed by atoms with Gasteiger partial charge in [-0.3, -0.25) is 14.5 Å². The third kappa shape index (κ3) is 3.91.